The van der Waals surface area contributed by atoms with Gasteiger partial charge in [-0.15, -0.1) is 12.4 Å². The van der Waals surface area contributed by atoms with E-state index in [0.717, 1.165) is 25.1 Å². The number of non-ortho nitro benzene ring substituents is 1. The van der Waals surface area contributed by atoms with Crippen LogP contribution in [0.2, 0.25) is 0 Å². The molecule has 1 aliphatic rings. The summed E-state index contributed by atoms with van der Waals surface area (Å²) in [4.78, 5) is 12.8. The summed E-state index contributed by atoms with van der Waals surface area (Å²) in [5.74, 6) is 0.692. The second-order valence-corrected chi connectivity index (χ2v) is 5.73. The van der Waals surface area contributed by atoms with Gasteiger partial charge in [-0.1, -0.05) is 6.92 Å². The highest BCUT2D eigenvalue weighted by Gasteiger charge is 2.32. The summed E-state index contributed by atoms with van der Waals surface area (Å²) in [6.45, 7) is 5.36. The SMILES string of the molecule is COc1ccc([N+](=O)[O-])cc1CN1CCC(C)(CN)C1.Cl. The van der Waals surface area contributed by atoms with Gasteiger partial charge in [-0.05, 0) is 31.0 Å². The Bertz CT molecular complexity index is 512. The minimum Gasteiger partial charge on any atom is -0.496 e. The van der Waals surface area contributed by atoms with E-state index >= 15 is 0 Å². The maximum Gasteiger partial charge on any atom is 0.270 e. The van der Waals surface area contributed by atoms with Crippen LogP contribution in [0.1, 0.15) is 18.9 Å². The molecule has 0 saturated carbocycles. The predicted molar refractivity (Wildman–Crippen MR) is 84.0 cm³/mol. The van der Waals surface area contributed by atoms with Crippen LogP contribution in [0.3, 0.4) is 0 Å². The highest BCUT2D eigenvalue weighted by atomic mass is 35.5. The van der Waals surface area contributed by atoms with Gasteiger partial charge in [-0.2, -0.15) is 0 Å². The lowest BCUT2D eigenvalue weighted by atomic mass is 9.90. The molecule has 1 heterocycles. The van der Waals surface area contributed by atoms with Crippen molar-refractivity contribution in [2.45, 2.75) is 19.9 Å². The molecule has 0 spiro atoms. The maximum atomic E-state index is 10.9. The van der Waals surface area contributed by atoms with Crippen molar-refractivity contribution in [1.82, 2.24) is 4.90 Å². The van der Waals surface area contributed by atoms with E-state index in [1.165, 1.54) is 6.07 Å². The molecule has 1 fully saturated rings. The third-order valence-corrected chi connectivity index (χ3v) is 4.00. The Kier molecular flexibility index (Phi) is 5.95. The van der Waals surface area contributed by atoms with Crippen LogP contribution >= 0.6 is 12.4 Å². The summed E-state index contributed by atoms with van der Waals surface area (Å²) in [5.41, 5.74) is 6.90. The zero-order chi connectivity index (χ0) is 14.8. The Labute approximate surface area is 130 Å². The van der Waals surface area contributed by atoms with Crippen LogP contribution in [0.5, 0.6) is 5.75 Å². The molecule has 0 bridgehead atoms. The lowest BCUT2D eigenvalue weighted by Crippen LogP contribution is -2.31. The Hall–Kier alpha value is -1.37. The van der Waals surface area contributed by atoms with E-state index in [1.54, 1.807) is 19.2 Å². The third kappa shape index (κ3) is 4.06. The first-order valence-corrected chi connectivity index (χ1v) is 6.71. The second-order valence-electron chi connectivity index (χ2n) is 5.73. The molecular weight excluding hydrogens is 294 g/mol. The van der Waals surface area contributed by atoms with Crippen molar-refractivity contribution in [2.75, 3.05) is 26.7 Å². The van der Waals surface area contributed by atoms with Crippen LogP contribution in [-0.2, 0) is 6.54 Å². The monoisotopic (exact) mass is 315 g/mol. The van der Waals surface area contributed by atoms with Gasteiger partial charge in [0.05, 0.1) is 12.0 Å². The first-order valence-electron chi connectivity index (χ1n) is 6.71. The van der Waals surface area contributed by atoms with Crippen LogP contribution in [0.15, 0.2) is 18.2 Å². The highest BCUT2D eigenvalue weighted by Crippen LogP contribution is 2.32. The molecule has 21 heavy (non-hydrogen) atoms. The van der Waals surface area contributed by atoms with Gasteiger partial charge >= 0.3 is 0 Å². The van der Waals surface area contributed by atoms with Gasteiger partial charge in [0, 0.05) is 30.8 Å². The zero-order valence-corrected chi connectivity index (χ0v) is 13.2. The molecule has 1 aromatic rings. The number of hydrogen-bond acceptors (Lipinski definition) is 5. The lowest BCUT2D eigenvalue weighted by molar-refractivity contribution is -0.384. The largest absolute Gasteiger partial charge is 0.496 e. The Morgan fingerprint density at radius 1 is 1.52 bits per heavy atom. The van der Waals surface area contributed by atoms with Gasteiger partial charge in [0.25, 0.3) is 5.69 Å². The molecular formula is C14H22ClN3O3. The molecule has 118 valence electrons. The van der Waals surface area contributed by atoms with Crippen LogP contribution < -0.4 is 10.5 Å². The standard InChI is InChI=1S/C14H21N3O3.ClH/c1-14(9-15)5-6-16(10-14)8-11-7-12(17(18)19)3-4-13(11)20-2;/h3-4,7H,5-6,8-10,15H2,1-2H3;1H. The van der Waals surface area contributed by atoms with Crippen molar-refractivity contribution in [1.29, 1.82) is 0 Å². The Morgan fingerprint density at radius 3 is 2.76 bits per heavy atom. The quantitative estimate of drug-likeness (QED) is 0.665. The number of ether oxygens (including phenoxy) is 1. The molecule has 0 radical (unpaired) electrons. The van der Waals surface area contributed by atoms with Crippen LogP contribution in [0, 0.1) is 15.5 Å². The topological polar surface area (TPSA) is 81.6 Å². The third-order valence-electron chi connectivity index (χ3n) is 4.00. The molecule has 1 aliphatic heterocycles. The number of rotatable bonds is 5. The molecule has 0 amide bonds. The predicted octanol–water partition coefficient (Wildman–Crippen LogP) is 2.20. The number of likely N-dealkylation sites (tertiary alicyclic amines) is 1. The number of hydrogen-bond donors (Lipinski definition) is 1. The highest BCUT2D eigenvalue weighted by molar-refractivity contribution is 5.85. The van der Waals surface area contributed by atoms with Crippen molar-refractivity contribution in [3.8, 4) is 5.75 Å². The number of nitro benzene ring substituents is 1. The molecule has 1 saturated heterocycles. The molecule has 1 aromatic carbocycles. The summed E-state index contributed by atoms with van der Waals surface area (Å²) in [6.07, 6.45) is 1.06. The molecule has 6 nitrogen and oxygen atoms in total. The lowest BCUT2D eigenvalue weighted by Gasteiger charge is -2.23. The molecule has 1 unspecified atom stereocenters. The van der Waals surface area contributed by atoms with Crippen LogP contribution in [0.25, 0.3) is 0 Å². The smallest absolute Gasteiger partial charge is 0.270 e. The number of benzene rings is 1. The van der Waals surface area contributed by atoms with Crippen molar-refractivity contribution in [2.24, 2.45) is 11.1 Å². The normalized spacial score (nSPS) is 21.9. The molecule has 1 atom stereocenters. The van der Waals surface area contributed by atoms with E-state index in [-0.39, 0.29) is 28.4 Å². The minimum atomic E-state index is -0.378. The van der Waals surface area contributed by atoms with Gasteiger partial charge in [0.15, 0.2) is 0 Å². The van der Waals surface area contributed by atoms with Gasteiger partial charge in [0.1, 0.15) is 5.75 Å². The minimum absolute atomic E-state index is 0. The molecule has 7 heteroatoms. The fraction of sp³-hybridized carbons (Fsp3) is 0.571. The Balaban J connectivity index is 0.00000220. The van der Waals surface area contributed by atoms with E-state index < -0.39 is 0 Å². The van der Waals surface area contributed by atoms with Crippen molar-refractivity contribution in [3.05, 3.63) is 33.9 Å². The van der Waals surface area contributed by atoms with E-state index in [2.05, 4.69) is 11.8 Å². The van der Waals surface area contributed by atoms with Crippen molar-refractivity contribution < 1.29 is 9.66 Å². The van der Waals surface area contributed by atoms with Crippen molar-refractivity contribution >= 4 is 18.1 Å². The molecule has 0 aliphatic carbocycles. The van der Waals surface area contributed by atoms with Crippen molar-refractivity contribution in [3.63, 3.8) is 0 Å². The summed E-state index contributed by atoms with van der Waals surface area (Å²) >= 11 is 0. The van der Waals surface area contributed by atoms with E-state index in [9.17, 15) is 10.1 Å². The number of halogens is 1. The summed E-state index contributed by atoms with van der Waals surface area (Å²) in [6, 6.07) is 4.72. The van der Waals surface area contributed by atoms with E-state index in [0.29, 0.717) is 18.8 Å². The fourth-order valence-electron chi connectivity index (χ4n) is 2.67. The van der Waals surface area contributed by atoms with Gasteiger partial charge in [-0.25, -0.2) is 0 Å². The van der Waals surface area contributed by atoms with Crippen LogP contribution in [0.4, 0.5) is 5.69 Å². The van der Waals surface area contributed by atoms with E-state index in [1.807, 2.05) is 0 Å². The summed E-state index contributed by atoms with van der Waals surface area (Å²) in [5, 5.41) is 10.9. The molecule has 2 rings (SSSR count). The van der Waals surface area contributed by atoms with Gasteiger partial charge in [0.2, 0.25) is 0 Å². The molecule has 0 aromatic heterocycles. The van der Waals surface area contributed by atoms with E-state index in [4.69, 9.17) is 10.5 Å². The molecule has 2 N–H and O–H groups in total. The maximum absolute atomic E-state index is 10.9. The summed E-state index contributed by atoms with van der Waals surface area (Å²) in [7, 11) is 1.58. The van der Waals surface area contributed by atoms with Crippen LogP contribution in [-0.4, -0.2) is 36.6 Å². The first kappa shape index (κ1) is 17.7. The van der Waals surface area contributed by atoms with Gasteiger partial charge in [-0.3, -0.25) is 15.0 Å². The van der Waals surface area contributed by atoms with Gasteiger partial charge < -0.3 is 10.5 Å². The number of nitrogens with two attached hydrogens (primary N) is 1. The average molecular weight is 316 g/mol. The number of methoxy groups -OCH3 is 1. The first-order chi connectivity index (χ1) is 9.47. The summed E-state index contributed by atoms with van der Waals surface area (Å²) < 4.78 is 5.29. The Morgan fingerprint density at radius 2 is 2.24 bits per heavy atom. The number of nitro groups is 1. The second kappa shape index (κ2) is 7.06. The zero-order valence-electron chi connectivity index (χ0n) is 12.4. The fourth-order valence-corrected chi connectivity index (χ4v) is 2.67. The number of nitrogens with zero attached hydrogens (tertiary/aromatic N) is 2. The average Bonchev–Trinajstić information content (AvgIpc) is 2.81.